The fraction of sp³-hybridized carbons (Fsp3) is 0.818. The average molecular weight is 241 g/mol. The normalized spacial score (nSPS) is 24.9. The van der Waals surface area contributed by atoms with Crippen LogP contribution in [0.4, 0.5) is 0 Å². The molecule has 5 heteroatoms. The van der Waals surface area contributed by atoms with Gasteiger partial charge in [0.05, 0.1) is 10.4 Å². The van der Waals surface area contributed by atoms with E-state index in [2.05, 4.69) is 11.9 Å². The smallest absolute Gasteiger partial charge is 0.235 e. The number of carbonyl (C=O) groups excluding carboxylic acids is 1. The first kappa shape index (κ1) is 11.8. The van der Waals surface area contributed by atoms with Crippen LogP contribution in [0.15, 0.2) is 0 Å². The third-order valence-corrected chi connectivity index (χ3v) is 4.03. The second-order valence-electron chi connectivity index (χ2n) is 4.90. The fourth-order valence-corrected chi connectivity index (χ4v) is 2.53. The van der Waals surface area contributed by atoms with Crippen molar-refractivity contribution < 1.29 is 4.79 Å². The molecule has 2 N–H and O–H groups in total. The van der Waals surface area contributed by atoms with Gasteiger partial charge in [-0.05, 0) is 32.9 Å². The number of nitrogens with zero attached hydrogens (tertiary/aromatic N) is 2. The third kappa shape index (κ3) is 2.06. The number of carbonyl (C=O) groups is 1. The summed E-state index contributed by atoms with van der Waals surface area (Å²) in [7, 11) is 2.09. The van der Waals surface area contributed by atoms with Gasteiger partial charge in [-0.1, -0.05) is 12.2 Å². The molecule has 1 aliphatic heterocycles. The van der Waals surface area contributed by atoms with Crippen LogP contribution in [-0.4, -0.2) is 53.9 Å². The molecule has 1 heterocycles. The maximum Gasteiger partial charge on any atom is 0.235 e. The molecule has 0 aromatic rings. The number of hydrogen-bond acceptors (Lipinski definition) is 3. The molecule has 1 saturated carbocycles. The summed E-state index contributed by atoms with van der Waals surface area (Å²) >= 11 is 5.02. The minimum atomic E-state index is -0.474. The van der Waals surface area contributed by atoms with Crippen molar-refractivity contribution in [2.75, 3.05) is 33.2 Å². The number of nitrogens with two attached hydrogens (primary N) is 1. The summed E-state index contributed by atoms with van der Waals surface area (Å²) in [5.41, 5.74) is 5.21. The molecular formula is C11H19N3OS. The molecule has 1 saturated heterocycles. The minimum absolute atomic E-state index is 0.162. The summed E-state index contributed by atoms with van der Waals surface area (Å²) in [5.74, 6) is 0.162. The molecule has 0 atom stereocenters. The van der Waals surface area contributed by atoms with Crippen molar-refractivity contribution in [3.8, 4) is 0 Å². The quantitative estimate of drug-likeness (QED) is 0.703. The standard InChI is InChI=1S/C11H19N3OS/c1-13-5-2-6-14(8-7-13)10(15)11(3-4-11)9(12)16/h2-8H2,1H3,(H2,12,16). The maximum absolute atomic E-state index is 12.3. The largest absolute Gasteiger partial charge is 0.392 e. The number of thiocarbonyl (C=S) groups is 1. The molecule has 16 heavy (non-hydrogen) atoms. The summed E-state index contributed by atoms with van der Waals surface area (Å²) in [5, 5.41) is 0. The predicted octanol–water partition coefficient (Wildman–Crippen LogP) is 0.217. The molecule has 0 radical (unpaired) electrons. The van der Waals surface area contributed by atoms with Crippen molar-refractivity contribution in [2.45, 2.75) is 19.3 Å². The molecule has 0 bridgehead atoms. The topological polar surface area (TPSA) is 49.6 Å². The Labute approximate surface area is 102 Å². The van der Waals surface area contributed by atoms with Gasteiger partial charge in [-0.3, -0.25) is 4.79 Å². The first-order chi connectivity index (χ1) is 7.56. The maximum atomic E-state index is 12.3. The molecule has 1 aliphatic carbocycles. The molecule has 1 amide bonds. The van der Waals surface area contributed by atoms with Crippen molar-refractivity contribution >= 4 is 23.1 Å². The van der Waals surface area contributed by atoms with E-state index >= 15 is 0 Å². The van der Waals surface area contributed by atoms with Crippen LogP contribution < -0.4 is 5.73 Å². The third-order valence-electron chi connectivity index (χ3n) is 3.64. The van der Waals surface area contributed by atoms with Crippen LogP contribution in [0.1, 0.15) is 19.3 Å². The molecule has 2 aliphatic rings. The number of hydrogen-bond donors (Lipinski definition) is 1. The molecule has 4 nitrogen and oxygen atoms in total. The molecule has 0 aromatic heterocycles. The summed E-state index contributed by atoms with van der Waals surface area (Å²) < 4.78 is 0. The lowest BCUT2D eigenvalue weighted by atomic mass is 10.1. The van der Waals surface area contributed by atoms with Gasteiger partial charge in [0.15, 0.2) is 0 Å². The van der Waals surface area contributed by atoms with E-state index in [9.17, 15) is 4.79 Å². The second kappa shape index (κ2) is 4.30. The highest BCUT2D eigenvalue weighted by Crippen LogP contribution is 2.47. The number of likely N-dealkylation sites (N-methyl/N-ethyl adjacent to an activating group) is 1. The fourth-order valence-electron chi connectivity index (χ4n) is 2.24. The van der Waals surface area contributed by atoms with E-state index in [1.807, 2.05) is 4.90 Å². The SMILES string of the molecule is CN1CCCN(C(=O)C2(C(N)=S)CC2)CC1. The van der Waals surface area contributed by atoms with Gasteiger partial charge in [0.25, 0.3) is 0 Å². The van der Waals surface area contributed by atoms with Gasteiger partial charge < -0.3 is 15.5 Å². The Bertz CT molecular complexity index is 314. The van der Waals surface area contributed by atoms with Crippen molar-refractivity contribution in [1.82, 2.24) is 9.80 Å². The summed E-state index contributed by atoms with van der Waals surface area (Å²) in [6.07, 6.45) is 2.72. The van der Waals surface area contributed by atoms with Gasteiger partial charge in [-0.2, -0.15) is 0 Å². The molecule has 2 fully saturated rings. The Morgan fingerprint density at radius 3 is 2.50 bits per heavy atom. The van der Waals surface area contributed by atoms with Crippen LogP contribution in [0.3, 0.4) is 0 Å². The van der Waals surface area contributed by atoms with Gasteiger partial charge in [0.1, 0.15) is 0 Å². The molecule has 0 unspecified atom stereocenters. The molecule has 2 rings (SSSR count). The summed E-state index contributed by atoms with van der Waals surface area (Å²) in [6, 6.07) is 0. The lowest BCUT2D eigenvalue weighted by molar-refractivity contribution is -0.134. The van der Waals surface area contributed by atoms with E-state index < -0.39 is 5.41 Å². The Kier molecular flexibility index (Phi) is 3.17. The predicted molar refractivity (Wildman–Crippen MR) is 67.1 cm³/mol. The highest BCUT2D eigenvalue weighted by atomic mass is 32.1. The zero-order chi connectivity index (χ0) is 11.8. The Morgan fingerprint density at radius 2 is 1.94 bits per heavy atom. The van der Waals surface area contributed by atoms with E-state index in [-0.39, 0.29) is 5.91 Å². The highest BCUT2D eigenvalue weighted by Gasteiger charge is 2.54. The zero-order valence-corrected chi connectivity index (χ0v) is 10.6. The summed E-state index contributed by atoms with van der Waals surface area (Å²) in [6.45, 7) is 3.65. The first-order valence-electron chi connectivity index (χ1n) is 5.84. The van der Waals surface area contributed by atoms with Gasteiger partial charge in [0, 0.05) is 19.6 Å². The second-order valence-corrected chi connectivity index (χ2v) is 5.34. The molecule has 90 valence electrons. The Hall–Kier alpha value is -0.680. The van der Waals surface area contributed by atoms with Gasteiger partial charge in [0.2, 0.25) is 5.91 Å². The first-order valence-corrected chi connectivity index (χ1v) is 6.25. The minimum Gasteiger partial charge on any atom is -0.392 e. The Balaban J connectivity index is 2.02. The van der Waals surface area contributed by atoms with Crippen LogP contribution in [0, 0.1) is 5.41 Å². The van der Waals surface area contributed by atoms with Crippen molar-refractivity contribution in [2.24, 2.45) is 11.1 Å². The lowest BCUT2D eigenvalue weighted by Crippen LogP contribution is -2.44. The Morgan fingerprint density at radius 1 is 1.25 bits per heavy atom. The van der Waals surface area contributed by atoms with Crippen LogP contribution in [0.5, 0.6) is 0 Å². The zero-order valence-electron chi connectivity index (χ0n) is 9.74. The molecule has 0 spiro atoms. The van der Waals surface area contributed by atoms with Gasteiger partial charge in [-0.15, -0.1) is 0 Å². The number of amides is 1. The van der Waals surface area contributed by atoms with E-state index in [4.69, 9.17) is 18.0 Å². The number of rotatable bonds is 2. The molecule has 0 aromatic carbocycles. The average Bonchev–Trinajstić information content (AvgIpc) is 3.01. The van der Waals surface area contributed by atoms with E-state index in [1.165, 1.54) is 0 Å². The lowest BCUT2D eigenvalue weighted by Gasteiger charge is -2.25. The van der Waals surface area contributed by atoms with Crippen LogP contribution in [0.2, 0.25) is 0 Å². The van der Waals surface area contributed by atoms with Crippen molar-refractivity contribution in [1.29, 1.82) is 0 Å². The van der Waals surface area contributed by atoms with Gasteiger partial charge >= 0.3 is 0 Å². The van der Waals surface area contributed by atoms with Crippen LogP contribution in [-0.2, 0) is 4.79 Å². The highest BCUT2D eigenvalue weighted by molar-refractivity contribution is 7.80. The monoisotopic (exact) mass is 241 g/mol. The van der Waals surface area contributed by atoms with E-state index in [0.29, 0.717) is 4.99 Å². The molecular weight excluding hydrogens is 222 g/mol. The van der Waals surface area contributed by atoms with E-state index in [1.54, 1.807) is 0 Å². The van der Waals surface area contributed by atoms with Crippen LogP contribution >= 0.6 is 12.2 Å². The van der Waals surface area contributed by atoms with E-state index in [0.717, 1.165) is 45.4 Å². The van der Waals surface area contributed by atoms with Crippen LogP contribution in [0.25, 0.3) is 0 Å². The van der Waals surface area contributed by atoms with Crippen molar-refractivity contribution in [3.05, 3.63) is 0 Å². The summed E-state index contributed by atoms with van der Waals surface area (Å²) in [4.78, 5) is 16.9. The van der Waals surface area contributed by atoms with Gasteiger partial charge in [-0.25, -0.2) is 0 Å². The van der Waals surface area contributed by atoms with Crippen molar-refractivity contribution in [3.63, 3.8) is 0 Å².